The van der Waals surface area contributed by atoms with E-state index < -0.39 is 6.10 Å². The molecule has 0 bridgehead atoms. The summed E-state index contributed by atoms with van der Waals surface area (Å²) in [6, 6.07) is 0. The Morgan fingerprint density at radius 1 is 1.73 bits per heavy atom. The number of ether oxygens (including phenoxy) is 1. The number of aromatic nitrogens is 2. The van der Waals surface area contributed by atoms with Gasteiger partial charge in [0.15, 0.2) is 6.29 Å². The van der Waals surface area contributed by atoms with Gasteiger partial charge in [-0.3, -0.25) is 0 Å². The topological polar surface area (TPSA) is 52.1 Å². The van der Waals surface area contributed by atoms with E-state index in [-0.39, 0.29) is 0 Å². The third-order valence-corrected chi connectivity index (χ3v) is 2.21. The van der Waals surface area contributed by atoms with Crippen LogP contribution in [0.15, 0.2) is 0 Å². The van der Waals surface area contributed by atoms with Crippen LogP contribution in [0.25, 0.3) is 0 Å². The molecule has 0 spiro atoms. The van der Waals surface area contributed by atoms with E-state index in [9.17, 15) is 4.79 Å². The van der Waals surface area contributed by atoms with Gasteiger partial charge in [-0.1, -0.05) is 4.49 Å². The highest BCUT2D eigenvalue weighted by atomic mass is 32.1. The van der Waals surface area contributed by atoms with Crippen LogP contribution >= 0.6 is 11.5 Å². The Morgan fingerprint density at radius 3 is 2.82 bits per heavy atom. The molecule has 0 radical (unpaired) electrons. The number of carbonyl (C=O) groups excluding carboxylic acids is 1. The van der Waals surface area contributed by atoms with E-state index in [2.05, 4.69) is 9.59 Å². The zero-order valence-corrected chi connectivity index (χ0v) is 7.09. The molecule has 0 saturated carbocycles. The van der Waals surface area contributed by atoms with E-state index in [0.717, 1.165) is 16.9 Å². The van der Waals surface area contributed by atoms with Crippen LogP contribution in [0.5, 0.6) is 0 Å². The van der Waals surface area contributed by atoms with Crippen molar-refractivity contribution in [2.75, 3.05) is 7.11 Å². The zero-order chi connectivity index (χ0) is 8.27. The maximum Gasteiger partial charge on any atom is 0.154 e. The van der Waals surface area contributed by atoms with Crippen molar-refractivity contribution < 1.29 is 9.53 Å². The molecule has 1 rings (SSSR count). The summed E-state index contributed by atoms with van der Waals surface area (Å²) in [5.74, 6) is 0. The Labute approximate surface area is 68.4 Å². The van der Waals surface area contributed by atoms with Gasteiger partial charge >= 0.3 is 0 Å². The van der Waals surface area contributed by atoms with Gasteiger partial charge in [0.2, 0.25) is 0 Å². The van der Waals surface area contributed by atoms with Crippen LogP contribution in [0.4, 0.5) is 0 Å². The van der Waals surface area contributed by atoms with Gasteiger partial charge in [-0.05, 0) is 18.5 Å². The van der Waals surface area contributed by atoms with E-state index in [1.165, 1.54) is 18.6 Å². The van der Waals surface area contributed by atoms with Crippen molar-refractivity contribution in [1.29, 1.82) is 0 Å². The van der Waals surface area contributed by atoms with Gasteiger partial charge in [0.25, 0.3) is 0 Å². The smallest absolute Gasteiger partial charge is 0.154 e. The maximum atomic E-state index is 10.4. The lowest BCUT2D eigenvalue weighted by Crippen LogP contribution is -2.01. The molecule has 0 aliphatic carbocycles. The van der Waals surface area contributed by atoms with Crippen LogP contribution in [-0.4, -0.2) is 23.0 Å². The summed E-state index contributed by atoms with van der Waals surface area (Å²) in [4.78, 5) is 11.2. The molecule has 1 unspecified atom stereocenters. The average Bonchev–Trinajstić information content (AvgIpc) is 2.40. The molecule has 0 saturated heterocycles. The van der Waals surface area contributed by atoms with Crippen LogP contribution in [0.3, 0.4) is 0 Å². The molecule has 0 aliphatic rings. The number of aryl methyl sites for hydroxylation is 1. The van der Waals surface area contributed by atoms with Gasteiger partial charge < -0.3 is 9.53 Å². The number of aldehydes is 1. The lowest BCUT2D eigenvalue weighted by atomic mass is 10.3. The number of carbonyl (C=O) groups is 1. The first-order valence-corrected chi connectivity index (χ1v) is 3.84. The van der Waals surface area contributed by atoms with Gasteiger partial charge in [-0.25, -0.2) is 0 Å². The summed E-state index contributed by atoms with van der Waals surface area (Å²) < 4.78 is 8.58. The second-order valence-corrected chi connectivity index (χ2v) is 2.80. The van der Waals surface area contributed by atoms with Gasteiger partial charge in [0.1, 0.15) is 6.10 Å². The molecule has 0 fully saturated rings. The van der Waals surface area contributed by atoms with Gasteiger partial charge in [-0.15, -0.1) is 5.10 Å². The summed E-state index contributed by atoms with van der Waals surface area (Å²) in [5, 5.41) is 3.76. The Kier molecular flexibility index (Phi) is 2.67. The van der Waals surface area contributed by atoms with Gasteiger partial charge in [-0.2, -0.15) is 0 Å². The second kappa shape index (κ2) is 3.54. The number of rotatable bonds is 3. The molecule has 4 nitrogen and oxygen atoms in total. The monoisotopic (exact) mass is 172 g/mol. The van der Waals surface area contributed by atoms with E-state index in [1.807, 2.05) is 0 Å². The normalized spacial score (nSPS) is 12.9. The number of nitrogens with zero attached hydrogens (tertiary/aromatic N) is 2. The van der Waals surface area contributed by atoms with Gasteiger partial charge in [0, 0.05) is 7.11 Å². The number of hydrogen-bond donors (Lipinski definition) is 0. The SMILES string of the molecule is COC(C=O)c1snnc1C. The molecule has 60 valence electrons. The molecule has 0 aliphatic heterocycles. The Hall–Kier alpha value is -0.810. The van der Waals surface area contributed by atoms with Gasteiger partial charge in [0.05, 0.1) is 10.6 Å². The molecular weight excluding hydrogens is 164 g/mol. The molecule has 1 heterocycles. The molecule has 1 aromatic heterocycles. The summed E-state index contributed by atoms with van der Waals surface area (Å²) in [5.41, 5.74) is 0.758. The molecule has 5 heteroatoms. The van der Waals surface area contributed by atoms with Crippen LogP contribution in [-0.2, 0) is 9.53 Å². The summed E-state index contributed by atoms with van der Waals surface area (Å²) >= 11 is 1.19. The Balaban J connectivity index is 2.89. The summed E-state index contributed by atoms with van der Waals surface area (Å²) in [6.07, 6.45) is 0.234. The van der Waals surface area contributed by atoms with E-state index in [0.29, 0.717) is 0 Å². The Bertz CT molecular complexity index is 248. The highest BCUT2D eigenvalue weighted by molar-refractivity contribution is 7.05. The average molecular weight is 172 g/mol. The number of methoxy groups -OCH3 is 1. The molecule has 1 atom stereocenters. The first-order chi connectivity index (χ1) is 5.29. The molecule has 11 heavy (non-hydrogen) atoms. The number of hydrogen-bond acceptors (Lipinski definition) is 5. The fourth-order valence-corrected chi connectivity index (χ4v) is 1.40. The van der Waals surface area contributed by atoms with Crippen molar-refractivity contribution in [3.8, 4) is 0 Å². The zero-order valence-electron chi connectivity index (χ0n) is 6.27. The minimum absolute atomic E-state index is 0.505. The minimum Gasteiger partial charge on any atom is -0.368 e. The molecule has 1 aromatic rings. The van der Waals surface area contributed by atoms with E-state index in [4.69, 9.17) is 4.74 Å². The molecule has 0 aromatic carbocycles. The Morgan fingerprint density at radius 2 is 2.45 bits per heavy atom. The quantitative estimate of drug-likeness (QED) is 0.631. The van der Waals surface area contributed by atoms with E-state index >= 15 is 0 Å². The molecule has 0 N–H and O–H groups in total. The van der Waals surface area contributed by atoms with E-state index in [1.54, 1.807) is 6.92 Å². The second-order valence-electron chi connectivity index (χ2n) is 2.01. The highest BCUT2D eigenvalue weighted by Crippen LogP contribution is 2.19. The molecular formula is C6H8N2O2S. The maximum absolute atomic E-state index is 10.4. The largest absolute Gasteiger partial charge is 0.368 e. The standard InChI is InChI=1S/C6H8N2O2S/c1-4-6(11-8-7-4)5(3-9)10-2/h3,5H,1-2H3. The first-order valence-electron chi connectivity index (χ1n) is 3.06. The van der Waals surface area contributed by atoms with Crippen molar-refractivity contribution in [3.63, 3.8) is 0 Å². The first kappa shape index (κ1) is 8.29. The van der Waals surface area contributed by atoms with Crippen molar-refractivity contribution in [2.45, 2.75) is 13.0 Å². The predicted molar refractivity (Wildman–Crippen MR) is 40.5 cm³/mol. The highest BCUT2D eigenvalue weighted by Gasteiger charge is 2.14. The van der Waals surface area contributed by atoms with Crippen LogP contribution < -0.4 is 0 Å². The lowest BCUT2D eigenvalue weighted by molar-refractivity contribution is -0.116. The summed E-state index contributed by atoms with van der Waals surface area (Å²) in [7, 11) is 1.48. The fourth-order valence-electron chi connectivity index (χ4n) is 0.723. The summed E-state index contributed by atoms with van der Waals surface area (Å²) in [6.45, 7) is 1.80. The third-order valence-electron chi connectivity index (χ3n) is 1.32. The van der Waals surface area contributed by atoms with Crippen molar-refractivity contribution in [1.82, 2.24) is 9.59 Å². The van der Waals surface area contributed by atoms with Crippen LogP contribution in [0, 0.1) is 6.92 Å². The predicted octanol–water partition coefficient (Wildman–Crippen LogP) is 0.733. The molecule has 0 amide bonds. The van der Waals surface area contributed by atoms with Crippen molar-refractivity contribution >= 4 is 17.8 Å². The third kappa shape index (κ3) is 1.61. The van der Waals surface area contributed by atoms with Crippen LogP contribution in [0.1, 0.15) is 16.7 Å². The van der Waals surface area contributed by atoms with Crippen LogP contribution in [0.2, 0.25) is 0 Å². The lowest BCUT2D eigenvalue weighted by Gasteiger charge is -2.03. The minimum atomic E-state index is -0.505. The fraction of sp³-hybridized carbons (Fsp3) is 0.500. The van der Waals surface area contributed by atoms with Crippen molar-refractivity contribution in [2.24, 2.45) is 0 Å². The van der Waals surface area contributed by atoms with Crippen molar-refractivity contribution in [3.05, 3.63) is 10.6 Å².